The Kier molecular flexibility index (Phi) is 8.14. The number of hydrogen-bond acceptors (Lipinski definition) is 4. The van der Waals surface area contributed by atoms with E-state index in [9.17, 15) is 0 Å². The maximum Gasteiger partial charge on any atom is 0.0554 e. The average Bonchev–Trinajstić information content (AvgIpc) is 3.79. The first kappa shape index (κ1) is 34.8. The number of hydrogen-bond donors (Lipinski definition) is 0. The number of rotatable bonds is 6. The Balaban J connectivity index is 1.18. The second-order valence-electron chi connectivity index (χ2n) is 15.5. The van der Waals surface area contributed by atoms with Crippen LogP contribution in [-0.4, -0.2) is 0 Å². The lowest BCUT2D eigenvalue weighted by molar-refractivity contribution is 1.24. The van der Waals surface area contributed by atoms with E-state index in [1.165, 1.54) is 118 Å². The lowest BCUT2D eigenvalue weighted by Gasteiger charge is -2.29. The normalized spacial score (nSPS) is 11.8. The van der Waals surface area contributed by atoms with Gasteiger partial charge < -0.3 is 9.80 Å². The standard InChI is InChI=1S/C54H40N2S2/c1-33-17-5-13-25-43(33)55(44-26-14-6-18-34(44)2)47-31-51-53(39-23-11-9-21-37(39)47)41-29-50-42(30-49(41)57-51)54-40-24-12-10-22-38(40)48(32-52(54)58-50)56(45-27-15-7-19-35(45)3)46-28-16-8-20-36(46)4/h5-32H,1-4H3. The summed E-state index contributed by atoms with van der Waals surface area (Å²) in [6.45, 7) is 8.86. The van der Waals surface area contributed by atoms with E-state index in [4.69, 9.17) is 0 Å². The van der Waals surface area contributed by atoms with Crippen molar-refractivity contribution in [3.63, 3.8) is 0 Å². The Morgan fingerprint density at radius 3 is 0.897 bits per heavy atom. The first-order valence-electron chi connectivity index (χ1n) is 19.9. The number of aryl methyl sites for hydroxylation is 4. The second-order valence-corrected chi connectivity index (χ2v) is 17.7. The zero-order valence-electron chi connectivity index (χ0n) is 32.9. The number of nitrogens with zero attached hydrogens (tertiary/aromatic N) is 2. The van der Waals surface area contributed by atoms with E-state index < -0.39 is 0 Å². The van der Waals surface area contributed by atoms with Crippen molar-refractivity contribution in [2.45, 2.75) is 27.7 Å². The molecule has 2 aromatic heterocycles. The van der Waals surface area contributed by atoms with Gasteiger partial charge in [0.1, 0.15) is 0 Å². The van der Waals surface area contributed by atoms with E-state index >= 15 is 0 Å². The molecule has 0 aliphatic carbocycles. The number of thiophene rings is 2. The molecule has 0 spiro atoms. The topological polar surface area (TPSA) is 6.48 Å². The molecule has 58 heavy (non-hydrogen) atoms. The Labute approximate surface area is 346 Å². The van der Waals surface area contributed by atoms with Gasteiger partial charge >= 0.3 is 0 Å². The quantitative estimate of drug-likeness (QED) is 0.166. The zero-order chi connectivity index (χ0) is 39.1. The molecule has 2 nitrogen and oxygen atoms in total. The summed E-state index contributed by atoms with van der Waals surface area (Å²) in [6.07, 6.45) is 0. The summed E-state index contributed by atoms with van der Waals surface area (Å²) in [4.78, 5) is 4.95. The van der Waals surface area contributed by atoms with Crippen molar-refractivity contribution in [3.05, 3.63) is 192 Å². The van der Waals surface area contributed by atoms with Crippen molar-refractivity contribution in [1.82, 2.24) is 0 Å². The van der Waals surface area contributed by atoms with Crippen LogP contribution < -0.4 is 9.80 Å². The molecule has 0 atom stereocenters. The predicted molar refractivity (Wildman–Crippen MR) is 256 cm³/mol. The molecule has 9 aromatic carbocycles. The van der Waals surface area contributed by atoms with Gasteiger partial charge in [-0.2, -0.15) is 0 Å². The van der Waals surface area contributed by atoms with Crippen LogP contribution in [0.15, 0.2) is 170 Å². The fraction of sp³-hybridized carbons (Fsp3) is 0.0741. The van der Waals surface area contributed by atoms with Crippen LogP contribution >= 0.6 is 22.7 Å². The number of anilines is 6. The fourth-order valence-corrected chi connectivity index (χ4v) is 11.5. The Hall–Kier alpha value is -6.46. The minimum atomic E-state index is 1.20. The van der Waals surface area contributed by atoms with Gasteiger partial charge in [0.25, 0.3) is 0 Å². The number of para-hydroxylation sites is 4. The molecule has 4 heteroatoms. The molecule has 0 saturated heterocycles. The lowest BCUT2D eigenvalue weighted by atomic mass is 9.98. The van der Waals surface area contributed by atoms with Gasteiger partial charge in [-0.15, -0.1) is 22.7 Å². The van der Waals surface area contributed by atoms with Gasteiger partial charge in [0.15, 0.2) is 0 Å². The van der Waals surface area contributed by atoms with Gasteiger partial charge in [-0.1, -0.05) is 121 Å². The van der Waals surface area contributed by atoms with Crippen LogP contribution in [0.25, 0.3) is 61.9 Å². The molecule has 0 aliphatic rings. The van der Waals surface area contributed by atoms with Crippen LogP contribution in [0.4, 0.5) is 34.1 Å². The van der Waals surface area contributed by atoms with E-state index in [1.54, 1.807) is 0 Å². The van der Waals surface area contributed by atoms with E-state index in [1.807, 2.05) is 22.7 Å². The lowest BCUT2D eigenvalue weighted by Crippen LogP contribution is -2.13. The molecular weight excluding hydrogens is 741 g/mol. The molecule has 11 aromatic rings. The van der Waals surface area contributed by atoms with E-state index in [-0.39, 0.29) is 0 Å². The van der Waals surface area contributed by atoms with E-state index in [0.29, 0.717) is 0 Å². The Morgan fingerprint density at radius 1 is 0.276 bits per heavy atom. The second kappa shape index (κ2) is 13.6. The first-order chi connectivity index (χ1) is 28.4. The molecule has 0 unspecified atom stereocenters. The van der Waals surface area contributed by atoms with Crippen molar-refractivity contribution < 1.29 is 0 Å². The van der Waals surface area contributed by atoms with Crippen LogP contribution in [-0.2, 0) is 0 Å². The molecular formula is C54H40N2S2. The maximum atomic E-state index is 2.48. The molecule has 0 aliphatic heterocycles. The van der Waals surface area contributed by atoms with Crippen LogP contribution in [0.3, 0.4) is 0 Å². The smallest absolute Gasteiger partial charge is 0.0554 e. The van der Waals surface area contributed by atoms with Gasteiger partial charge in [0, 0.05) is 73.9 Å². The third kappa shape index (κ3) is 5.36. The third-order valence-electron chi connectivity index (χ3n) is 11.9. The minimum Gasteiger partial charge on any atom is -0.309 e. The van der Waals surface area contributed by atoms with Crippen molar-refractivity contribution >= 4 is 119 Å². The van der Waals surface area contributed by atoms with Crippen LogP contribution in [0.5, 0.6) is 0 Å². The van der Waals surface area contributed by atoms with Crippen molar-refractivity contribution in [2.24, 2.45) is 0 Å². The summed E-state index contributed by atoms with van der Waals surface area (Å²) in [5.41, 5.74) is 12.2. The largest absolute Gasteiger partial charge is 0.309 e. The van der Waals surface area contributed by atoms with Crippen LogP contribution in [0.1, 0.15) is 22.3 Å². The minimum absolute atomic E-state index is 1.20. The first-order valence-corrected chi connectivity index (χ1v) is 21.6. The van der Waals surface area contributed by atoms with Crippen molar-refractivity contribution in [3.8, 4) is 0 Å². The highest BCUT2D eigenvalue weighted by molar-refractivity contribution is 7.27. The van der Waals surface area contributed by atoms with Crippen molar-refractivity contribution in [2.75, 3.05) is 9.80 Å². The highest BCUT2D eigenvalue weighted by Crippen LogP contribution is 2.51. The molecule has 0 N–H and O–H groups in total. The van der Waals surface area contributed by atoms with E-state index in [2.05, 4.69) is 207 Å². The Bertz CT molecular complexity index is 3100. The highest BCUT2D eigenvalue weighted by Gasteiger charge is 2.24. The summed E-state index contributed by atoms with van der Waals surface area (Å²) in [5.74, 6) is 0. The SMILES string of the molecule is Cc1ccccc1N(c1ccccc1C)c1cc2sc3cc4c(cc3c2c2ccccc12)sc1cc(N(c2ccccc2C)c2ccccc2C)c2ccccc2c14. The molecule has 0 fully saturated rings. The van der Waals surface area contributed by atoms with Gasteiger partial charge in [-0.05, 0) is 109 Å². The molecule has 0 saturated carbocycles. The van der Waals surface area contributed by atoms with Crippen LogP contribution in [0.2, 0.25) is 0 Å². The molecule has 0 amide bonds. The summed E-state index contributed by atoms with van der Waals surface area (Å²) >= 11 is 3.83. The van der Waals surface area contributed by atoms with Gasteiger partial charge in [0.2, 0.25) is 0 Å². The van der Waals surface area contributed by atoms with Crippen LogP contribution in [0, 0.1) is 27.7 Å². The number of benzene rings is 9. The van der Waals surface area contributed by atoms with E-state index in [0.717, 1.165) is 0 Å². The summed E-state index contributed by atoms with van der Waals surface area (Å²) < 4.78 is 5.24. The summed E-state index contributed by atoms with van der Waals surface area (Å²) in [5, 5.41) is 10.4. The van der Waals surface area contributed by atoms with Crippen molar-refractivity contribution in [1.29, 1.82) is 0 Å². The summed E-state index contributed by atoms with van der Waals surface area (Å²) in [7, 11) is 0. The molecule has 0 bridgehead atoms. The summed E-state index contributed by atoms with van der Waals surface area (Å²) in [6, 6.07) is 62.9. The van der Waals surface area contributed by atoms with Gasteiger partial charge in [-0.25, -0.2) is 0 Å². The molecule has 2 heterocycles. The maximum absolute atomic E-state index is 2.48. The highest BCUT2D eigenvalue weighted by atomic mass is 32.1. The average molecular weight is 781 g/mol. The monoisotopic (exact) mass is 780 g/mol. The molecule has 11 rings (SSSR count). The zero-order valence-corrected chi connectivity index (χ0v) is 34.5. The van der Waals surface area contributed by atoms with Gasteiger partial charge in [0.05, 0.1) is 11.4 Å². The van der Waals surface area contributed by atoms with Gasteiger partial charge in [-0.3, -0.25) is 0 Å². The molecule has 0 radical (unpaired) electrons. The number of fused-ring (bicyclic) bond motifs is 10. The fourth-order valence-electron chi connectivity index (χ4n) is 9.14. The Morgan fingerprint density at radius 2 is 0.569 bits per heavy atom. The predicted octanol–water partition coefficient (Wildman–Crippen LogP) is 16.9. The molecule has 278 valence electrons. The third-order valence-corrected chi connectivity index (χ3v) is 14.1.